The van der Waals surface area contributed by atoms with Crippen LogP contribution in [-0.2, 0) is 0 Å². The third-order valence-electron chi connectivity index (χ3n) is 2.10. The van der Waals surface area contributed by atoms with Gasteiger partial charge in [-0.05, 0) is 18.6 Å². The first kappa shape index (κ1) is 9.92. The van der Waals surface area contributed by atoms with Gasteiger partial charge in [-0.3, -0.25) is 0 Å². The first-order valence-electron chi connectivity index (χ1n) is 4.94. The largest absolute Gasteiger partial charge is 0.461 e. The zero-order valence-corrected chi connectivity index (χ0v) is 8.51. The molecule has 0 bridgehead atoms. The van der Waals surface area contributed by atoms with Crippen LogP contribution in [0.2, 0.25) is 0 Å². The van der Waals surface area contributed by atoms with Crippen molar-refractivity contribution in [3.63, 3.8) is 0 Å². The third kappa shape index (κ3) is 2.07. The highest BCUT2D eigenvalue weighted by molar-refractivity contribution is 5.44. The summed E-state index contributed by atoms with van der Waals surface area (Å²) in [5.74, 6) is 1.50. The number of hydrogen-bond donors (Lipinski definition) is 1. The molecule has 5 heteroatoms. The molecule has 15 heavy (non-hydrogen) atoms. The molecule has 2 aromatic rings. The highest BCUT2D eigenvalue weighted by atomic mass is 16.5. The quantitative estimate of drug-likeness (QED) is 0.830. The van der Waals surface area contributed by atoms with Crippen molar-refractivity contribution >= 4 is 0 Å². The molecule has 0 saturated heterocycles. The van der Waals surface area contributed by atoms with Crippen molar-refractivity contribution in [3.8, 4) is 11.6 Å². The van der Waals surface area contributed by atoms with Gasteiger partial charge in [0.05, 0.1) is 12.3 Å². The van der Waals surface area contributed by atoms with Crippen LogP contribution in [0, 0.1) is 0 Å². The molecule has 0 radical (unpaired) electrons. The van der Waals surface area contributed by atoms with E-state index in [0.29, 0.717) is 17.5 Å². The molecule has 5 nitrogen and oxygen atoms in total. The van der Waals surface area contributed by atoms with Crippen LogP contribution < -0.4 is 5.73 Å². The highest BCUT2D eigenvalue weighted by Crippen LogP contribution is 2.19. The Hall–Kier alpha value is -1.62. The second-order valence-corrected chi connectivity index (χ2v) is 3.33. The lowest BCUT2D eigenvalue weighted by molar-refractivity contribution is 0.347. The molecule has 0 amide bonds. The summed E-state index contributed by atoms with van der Waals surface area (Å²) >= 11 is 0. The average molecular weight is 207 g/mol. The summed E-state index contributed by atoms with van der Waals surface area (Å²) in [7, 11) is 0. The molecular formula is C10H13N3O2. The van der Waals surface area contributed by atoms with Crippen LogP contribution in [0.1, 0.15) is 31.7 Å². The summed E-state index contributed by atoms with van der Waals surface area (Å²) < 4.78 is 10.2. The Morgan fingerprint density at radius 1 is 1.53 bits per heavy atom. The van der Waals surface area contributed by atoms with Crippen LogP contribution in [0.25, 0.3) is 11.6 Å². The van der Waals surface area contributed by atoms with E-state index < -0.39 is 0 Å². The molecular weight excluding hydrogens is 194 g/mol. The molecule has 2 N–H and O–H groups in total. The molecule has 0 aliphatic heterocycles. The van der Waals surface area contributed by atoms with Gasteiger partial charge in [0.2, 0.25) is 11.7 Å². The van der Waals surface area contributed by atoms with Crippen LogP contribution in [0.15, 0.2) is 27.3 Å². The summed E-state index contributed by atoms with van der Waals surface area (Å²) in [5, 5.41) is 3.80. The zero-order chi connectivity index (χ0) is 10.7. The fourth-order valence-electron chi connectivity index (χ4n) is 1.33. The van der Waals surface area contributed by atoms with E-state index in [1.807, 2.05) is 0 Å². The molecule has 0 aliphatic carbocycles. The second kappa shape index (κ2) is 4.27. The molecule has 2 heterocycles. The van der Waals surface area contributed by atoms with Gasteiger partial charge in [-0.1, -0.05) is 18.5 Å². The Morgan fingerprint density at radius 3 is 3.07 bits per heavy atom. The van der Waals surface area contributed by atoms with Gasteiger partial charge < -0.3 is 14.7 Å². The first-order chi connectivity index (χ1) is 7.31. The minimum Gasteiger partial charge on any atom is -0.461 e. The number of aromatic nitrogens is 2. The standard InChI is InChI=1S/C10H13N3O2/c1-2-4-7(11)10-12-9(13-15-10)8-5-3-6-14-8/h3,5-7H,2,4,11H2,1H3/t7-/m0/s1. The zero-order valence-electron chi connectivity index (χ0n) is 8.51. The smallest absolute Gasteiger partial charge is 0.243 e. The Labute approximate surface area is 87.3 Å². The normalized spacial score (nSPS) is 12.9. The van der Waals surface area contributed by atoms with Gasteiger partial charge in [0, 0.05) is 0 Å². The van der Waals surface area contributed by atoms with E-state index in [1.165, 1.54) is 0 Å². The second-order valence-electron chi connectivity index (χ2n) is 3.33. The molecule has 0 unspecified atom stereocenters. The van der Waals surface area contributed by atoms with E-state index >= 15 is 0 Å². The molecule has 0 saturated carbocycles. The van der Waals surface area contributed by atoms with Gasteiger partial charge in [0.1, 0.15) is 0 Å². The van der Waals surface area contributed by atoms with Gasteiger partial charge in [0.15, 0.2) is 5.76 Å². The number of hydrogen-bond acceptors (Lipinski definition) is 5. The maximum atomic E-state index is 5.85. The van der Waals surface area contributed by atoms with Crippen LogP contribution >= 0.6 is 0 Å². The Kier molecular flexibility index (Phi) is 2.82. The average Bonchev–Trinajstić information content (AvgIpc) is 2.89. The van der Waals surface area contributed by atoms with E-state index in [-0.39, 0.29) is 6.04 Å². The predicted octanol–water partition coefficient (Wildman–Crippen LogP) is 2.13. The van der Waals surface area contributed by atoms with Crippen molar-refractivity contribution in [3.05, 3.63) is 24.3 Å². The lowest BCUT2D eigenvalue weighted by atomic mass is 10.2. The number of rotatable bonds is 4. The van der Waals surface area contributed by atoms with E-state index in [2.05, 4.69) is 17.1 Å². The van der Waals surface area contributed by atoms with Crippen molar-refractivity contribution < 1.29 is 8.94 Å². The van der Waals surface area contributed by atoms with Crippen molar-refractivity contribution in [2.24, 2.45) is 5.73 Å². The van der Waals surface area contributed by atoms with E-state index in [1.54, 1.807) is 18.4 Å². The monoisotopic (exact) mass is 207 g/mol. The minimum absolute atomic E-state index is 0.189. The van der Waals surface area contributed by atoms with Crippen LogP contribution in [0.4, 0.5) is 0 Å². The highest BCUT2D eigenvalue weighted by Gasteiger charge is 2.15. The summed E-state index contributed by atoms with van der Waals surface area (Å²) in [6.07, 6.45) is 3.39. The van der Waals surface area contributed by atoms with Crippen LogP contribution in [0.3, 0.4) is 0 Å². The predicted molar refractivity (Wildman–Crippen MR) is 53.8 cm³/mol. The minimum atomic E-state index is -0.189. The number of furan rings is 1. The van der Waals surface area contributed by atoms with Crippen molar-refractivity contribution in [2.75, 3.05) is 0 Å². The van der Waals surface area contributed by atoms with Crippen molar-refractivity contribution in [1.82, 2.24) is 10.1 Å². The Balaban J connectivity index is 2.17. The van der Waals surface area contributed by atoms with Crippen molar-refractivity contribution in [1.29, 1.82) is 0 Å². The summed E-state index contributed by atoms with van der Waals surface area (Å²) in [4.78, 5) is 4.17. The Bertz CT molecular complexity index is 408. The summed E-state index contributed by atoms with van der Waals surface area (Å²) in [5.41, 5.74) is 5.85. The number of nitrogens with zero attached hydrogens (tertiary/aromatic N) is 2. The lowest BCUT2D eigenvalue weighted by Gasteiger charge is -2.01. The molecule has 80 valence electrons. The SMILES string of the molecule is CCC[C@H](N)c1nc(-c2ccco2)no1. The maximum Gasteiger partial charge on any atom is 0.243 e. The lowest BCUT2D eigenvalue weighted by Crippen LogP contribution is -2.09. The molecule has 2 aromatic heterocycles. The number of nitrogens with two attached hydrogens (primary N) is 1. The molecule has 0 aliphatic rings. The van der Waals surface area contributed by atoms with Gasteiger partial charge in [-0.2, -0.15) is 4.98 Å². The van der Waals surface area contributed by atoms with E-state index in [9.17, 15) is 0 Å². The molecule has 1 atom stereocenters. The molecule has 0 fully saturated rings. The summed E-state index contributed by atoms with van der Waals surface area (Å²) in [6.45, 7) is 2.06. The van der Waals surface area contributed by atoms with Crippen molar-refractivity contribution in [2.45, 2.75) is 25.8 Å². The third-order valence-corrected chi connectivity index (χ3v) is 2.10. The van der Waals surface area contributed by atoms with E-state index in [0.717, 1.165) is 12.8 Å². The van der Waals surface area contributed by atoms with Gasteiger partial charge in [0.25, 0.3) is 0 Å². The van der Waals surface area contributed by atoms with E-state index in [4.69, 9.17) is 14.7 Å². The first-order valence-corrected chi connectivity index (χ1v) is 4.94. The molecule has 2 rings (SSSR count). The van der Waals surface area contributed by atoms with Gasteiger partial charge >= 0.3 is 0 Å². The molecule has 0 aromatic carbocycles. The topological polar surface area (TPSA) is 78.1 Å². The fraction of sp³-hybridized carbons (Fsp3) is 0.400. The maximum absolute atomic E-state index is 5.85. The van der Waals surface area contributed by atoms with Gasteiger partial charge in [-0.15, -0.1) is 0 Å². The Morgan fingerprint density at radius 2 is 2.40 bits per heavy atom. The summed E-state index contributed by atoms with van der Waals surface area (Å²) in [6, 6.07) is 3.36. The molecule has 0 spiro atoms. The fourth-order valence-corrected chi connectivity index (χ4v) is 1.33. The van der Waals surface area contributed by atoms with Crippen LogP contribution in [0.5, 0.6) is 0 Å². The van der Waals surface area contributed by atoms with Gasteiger partial charge in [-0.25, -0.2) is 0 Å². The van der Waals surface area contributed by atoms with Crippen LogP contribution in [-0.4, -0.2) is 10.1 Å².